The zero-order valence-electron chi connectivity index (χ0n) is 9.84. The molecule has 2 nitrogen and oxygen atoms in total. The Kier molecular flexibility index (Phi) is 2.90. The van der Waals surface area contributed by atoms with Crippen LogP contribution in [-0.4, -0.2) is 11.5 Å². The molecule has 16 heavy (non-hydrogen) atoms. The summed E-state index contributed by atoms with van der Waals surface area (Å²) in [7, 11) is 0. The molecule has 0 spiro atoms. The van der Waals surface area contributed by atoms with Gasteiger partial charge in [-0.2, -0.15) is 0 Å². The maximum Gasteiger partial charge on any atom is 0.139 e. The summed E-state index contributed by atoms with van der Waals surface area (Å²) in [6.07, 6.45) is 1.71. The average Bonchev–Trinajstić information content (AvgIpc) is 2.20. The molecule has 1 aromatic carbocycles. The number of benzene rings is 1. The molecular formula is C14H17NO. The molecule has 1 N–H and O–H groups in total. The van der Waals surface area contributed by atoms with E-state index < -0.39 is 0 Å². The first-order valence-electron chi connectivity index (χ1n) is 5.71. The second-order valence-electron chi connectivity index (χ2n) is 4.78. The van der Waals surface area contributed by atoms with Crippen molar-refractivity contribution in [3.8, 4) is 0 Å². The second-order valence-corrected chi connectivity index (χ2v) is 4.78. The standard InChI is InChI=1S/C14H17NO/c1-9-3-4-10(2)14(5-9)11-6-12(15)8-13(16)7-11/h3-5,11,15H,6-8H2,1-2H3. The molecule has 1 fully saturated rings. The molecule has 1 saturated carbocycles. The number of carbonyl (C=O) groups excluding carboxylic acids is 1. The molecule has 0 radical (unpaired) electrons. The Bertz CT molecular complexity index is 432. The zero-order chi connectivity index (χ0) is 11.7. The molecule has 84 valence electrons. The molecule has 1 unspecified atom stereocenters. The van der Waals surface area contributed by atoms with Gasteiger partial charge in [-0.15, -0.1) is 0 Å². The van der Waals surface area contributed by atoms with Gasteiger partial charge in [-0.05, 0) is 37.3 Å². The lowest BCUT2D eigenvalue weighted by molar-refractivity contribution is -0.118. The van der Waals surface area contributed by atoms with Crippen molar-refractivity contribution in [1.29, 1.82) is 5.41 Å². The Balaban J connectivity index is 2.32. The van der Waals surface area contributed by atoms with E-state index in [2.05, 4.69) is 32.0 Å². The number of aryl methyl sites for hydroxylation is 2. The van der Waals surface area contributed by atoms with Crippen molar-refractivity contribution in [2.24, 2.45) is 0 Å². The van der Waals surface area contributed by atoms with Crippen molar-refractivity contribution >= 4 is 11.5 Å². The molecule has 2 rings (SSSR count). The van der Waals surface area contributed by atoms with Crippen LogP contribution in [0.15, 0.2) is 18.2 Å². The van der Waals surface area contributed by atoms with E-state index in [0.29, 0.717) is 18.6 Å². The van der Waals surface area contributed by atoms with Gasteiger partial charge in [0.1, 0.15) is 5.78 Å². The largest absolute Gasteiger partial charge is 0.309 e. The van der Waals surface area contributed by atoms with E-state index in [1.165, 1.54) is 16.7 Å². The normalized spacial score (nSPS) is 21.2. The van der Waals surface area contributed by atoms with Gasteiger partial charge in [0.15, 0.2) is 0 Å². The summed E-state index contributed by atoms with van der Waals surface area (Å²) in [4.78, 5) is 11.5. The Labute approximate surface area is 96.2 Å². The van der Waals surface area contributed by atoms with Gasteiger partial charge in [0.05, 0.1) is 0 Å². The van der Waals surface area contributed by atoms with Gasteiger partial charge in [0.2, 0.25) is 0 Å². The van der Waals surface area contributed by atoms with Crippen LogP contribution in [0, 0.1) is 19.3 Å². The first-order valence-corrected chi connectivity index (χ1v) is 5.71. The van der Waals surface area contributed by atoms with Crippen LogP contribution in [0.3, 0.4) is 0 Å². The second kappa shape index (κ2) is 4.20. The summed E-state index contributed by atoms with van der Waals surface area (Å²) >= 11 is 0. The highest BCUT2D eigenvalue weighted by molar-refractivity contribution is 6.03. The van der Waals surface area contributed by atoms with Gasteiger partial charge >= 0.3 is 0 Å². The number of ketones is 1. The minimum absolute atomic E-state index is 0.210. The number of rotatable bonds is 1. The maximum atomic E-state index is 11.5. The quantitative estimate of drug-likeness (QED) is 0.768. The lowest BCUT2D eigenvalue weighted by Gasteiger charge is -2.23. The summed E-state index contributed by atoms with van der Waals surface area (Å²) in [5, 5.41) is 7.70. The van der Waals surface area contributed by atoms with Gasteiger partial charge in [-0.1, -0.05) is 23.8 Å². The van der Waals surface area contributed by atoms with Crippen molar-refractivity contribution in [3.63, 3.8) is 0 Å². The van der Waals surface area contributed by atoms with E-state index in [1.54, 1.807) is 0 Å². The van der Waals surface area contributed by atoms with Gasteiger partial charge < -0.3 is 5.41 Å². The Morgan fingerprint density at radius 2 is 2.00 bits per heavy atom. The monoisotopic (exact) mass is 215 g/mol. The smallest absolute Gasteiger partial charge is 0.139 e. The minimum Gasteiger partial charge on any atom is -0.309 e. The molecule has 0 amide bonds. The highest BCUT2D eigenvalue weighted by Gasteiger charge is 2.25. The van der Waals surface area contributed by atoms with E-state index in [1.807, 2.05) is 0 Å². The third-order valence-corrected chi connectivity index (χ3v) is 3.25. The lowest BCUT2D eigenvalue weighted by Crippen LogP contribution is -2.21. The number of Topliss-reactive ketones (excluding diaryl/α,β-unsaturated/α-hetero) is 1. The van der Waals surface area contributed by atoms with Crippen LogP contribution < -0.4 is 0 Å². The van der Waals surface area contributed by atoms with E-state index in [9.17, 15) is 4.79 Å². The molecule has 1 aromatic rings. The van der Waals surface area contributed by atoms with Crippen molar-refractivity contribution < 1.29 is 4.79 Å². The molecule has 1 aliphatic carbocycles. The lowest BCUT2D eigenvalue weighted by atomic mass is 9.80. The molecule has 2 heteroatoms. The fourth-order valence-electron chi connectivity index (χ4n) is 2.45. The summed E-state index contributed by atoms with van der Waals surface area (Å²) in [6, 6.07) is 6.36. The van der Waals surface area contributed by atoms with Gasteiger partial charge in [0.25, 0.3) is 0 Å². The van der Waals surface area contributed by atoms with Crippen LogP contribution in [0.5, 0.6) is 0 Å². The van der Waals surface area contributed by atoms with E-state index in [4.69, 9.17) is 5.41 Å². The van der Waals surface area contributed by atoms with Crippen LogP contribution in [-0.2, 0) is 4.79 Å². The molecule has 1 aliphatic rings. The number of hydrogen-bond donors (Lipinski definition) is 1. The fourth-order valence-corrected chi connectivity index (χ4v) is 2.45. The van der Waals surface area contributed by atoms with Crippen LogP contribution in [0.2, 0.25) is 0 Å². The molecule has 0 aromatic heterocycles. The molecule has 0 saturated heterocycles. The zero-order valence-corrected chi connectivity index (χ0v) is 9.84. The van der Waals surface area contributed by atoms with Crippen molar-refractivity contribution in [1.82, 2.24) is 0 Å². The van der Waals surface area contributed by atoms with Crippen molar-refractivity contribution in [3.05, 3.63) is 34.9 Å². The van der Waals surface area contributed by atoms with Crippen LogP contribution in [0.1, 0.15) is 41.9 Å². The Morgan fingerprint density at radius 3 is 2.69 bits per heavy atom. The highest BCUT2D eigenvalue weighted by Crippen LogP contribution is 2.31. The van der Waals surface area contributed by atoms with Crippen LogP contribution in [0.25, 0.3) is 0 Å². The van der Waals surface area contributed by atoms with E-state index in [0.717, 1.165) is 6.42 Å². The summed E-state index contributed by atoms with van der Waals surface area (Å²) < 4.78 is 0. The maximum absolute atomic E-state index is 11.5. The predicted octanol–water partition coefficient (Wildman–Crippen LogP) is 3.16. The van der Waals surface area contributed by atoms with Crippen molar-refractivity contribution in [2.45, 2.75) is 39.0 Å². The summed E-state index contributed by atoms with van der Waals surface area (Å²) in [5.41, 5.74) is 4.29. The van der Waals surface area contributed by atoms with Gasteiger partial charge in [0, 0.05) is 18.6 Å². The average molecular weight is 215 g/mol. The van der Waals surface area contributed by atoms with Crippen LogP contribution >= 0.6 is 0 Å². The predicted molar refractivity (Wildman–Crippen MR) is 65.2 cm³/mol. The first-order chi connectivity index (χ1) is 7.56. The third-order valence-electron chi connectivity index (χ3n) is 3.25. The molecule has 0 aliphatic heterocycles. The molecule has 0 bridgehead atoms. The topological polar surface area (TPSA) is 40.9 Å². The molecule has 0 heterocycles. The summed E-state index contributed by atoms with van der Waals surface area (Å²) in [6.45, 7) is 4.15. The molecule has 1 atom stereocenters. The fraction of sp³-hybridized carbons (Fsp3) is 0.429. The SMILES string of the molecule is Cc1ccc(C)c(C2CC(=N)CC(=O)C2)c1. The minimum atomic E-state index is 0.210. The van der Waals surface area contributed by atoms with Gasteiger partial charge in [-0.3, -0.25) is 4.79 Å². The van der Waals surface area contributed by atoms with E-state index >= 15 is 0 Å². The van der Waals surface area contributed by atoms with Crippen LogP contribution in [0.4, 0.5) is 0 Å². The number of carbonyl (C=O) groups is 1. The number of nitrogens with one attached hydrogen (secondary N) is 1. The first kappa shape index (κ1) is 11.1. The summed E-state index contributed by atoms with van der Waals surface area (Å²) in [5.74, 6) is 0.441. The highest BCUT2D eigenvalue weighted by atomic mass is 16.1. The molecular weight excluding hydrogens is 198 g/mol. The van der Waals surface area contributed by atoms with E-state index in [-0.39, 0.29) is 11.7 Å². The Hall–Kier alpha value is -1.44. The third kappa shape index (κ3) is 2.21. The van der Waals surface area contributed by atoms with Crippen molar-refractivity contribution in [2.75, 3.05) is 0 Å². The van der Waals surface area contributed by atoms with Gasteiger partial charge in [-0.25, -0.2) is 0 Å². The number of hydrogen-bond acceptors (Lipinski definition) is 2. The Morgan fingerprint density at radius 1 is 1.25 bits per heavy atom.